The third-order valence-corrected chi connectivity index (χ3v) is 2.75. The van der Waals surface area contributed by atoms with Gasteiger partial charge >= 0.3 is 0 Å². The normalized spacial score (nSPS) is 12.8. The minimum Gasteiger partial charge on any atom is -0.394 e. The van der Waals surface area contributed by atoms with Crippen molar-refractivity contribution < 1.29 is 19.3 Å². The van der Waals surface area contributed by atoms with Crippen molar-refractivity contribution in [3.8, 4) is 0 Å². The quantitative estimate of drug-likeness (QED) is 0.488. The van der Waals surface area contributed by atoms with Crippen LogP contribution < -0.4 is 0 Å². The fourth-order valence-corrected chi connectivity index (χ4v) is 1.78. The van der Waals surface area contributed by atoms with Crippen molar-refractivity contribution in [3.05, 3.63) is 0 Å². The number of aliphatic hydroxyl groups is 1. The summed E-state index contributed by atoms with van der Waals surface area (Å²) in [4.78, 5) is 0. The van der Waals surface area contributed by atoms with Crippen LogP contribution in [0.15, 0.2) is 0 Å². The molecule has 4 nitrogen and oxygen atoms in total. The van der Waals surface area contributed by atoms with Gasteiger partial charge in [-0.05, 0) is 18.8 Å². The Morgan fingerprint density at radius 1 is 0.833 bits per heavy atom. The highest BCUT2D eigenvalue weighted by Gasteiger charge is 1.99. The molecule has 0 heterocycles. The lowest BCUT2D eigenvalue weighted by Crippen LogP contribution is -2.11. The van der Waals surface area contributed by atoms with E-state index in [0.29, 0.717) is 33.0 Å². The lowest BCUT2D eigenvalue weighted by Gasteiger charge is -2.10. The van der Waals surface area contributed by atoms with Gasteiger partial charge in [0, 0.05) is 6.61 Å². The van der Waals surface area contributed by atoms with Gasteiger partial charge < -0.3 is 19.3 Å². The van der Waals surface area contributed by atoms with Crippen LogP contribution in [0.1, 0.15) is 39.5 Å². The van der Waals surface area contributed by atoms with Crippen molar-refractivity contribution in [1.29, 1.82) is 0 Å². The highest BCUT2D eigenvalue weighted by Crippen LogP contribution is 2.11. The Balaban J connectivity index is 2.98. The van der Waals surface area contributed by atoms with Gasteiger partial charge in [-0.3, -0.25) is 0 Å². The van der Waals surface area contributed by atoms with Crippen molar-refractivity contribution in [2.45, 2.75) is 39.5 Å². The van der Waals surface area contributed by atoms with E-state index in [1.807, 2.05) is 0 Å². The first-order valence-corrected chi connectivity index (χ1v) is 7.15. The maximum atomic E-state index is 8.48. The van der Waals surface area contributed by atoms with Crippen molar-refractivity contribution in [2.75, 3.05) is 46.2 Å². The molecule has 0 aromatic heterocycles. The molecule has 0 radical (unpaired) electrons. The minimum absolute atomic E-state index is 0.0690. The third kappa shape index (κ3) is 13.9. The standard InChI is InChI=1S/C14H30O4/c1-3-5-14(2)6-4-8-16-10-12-18-13-11-17-9-7-15/h14-15H,3-13H2,1-2H3. The fourth-order valence-electron chi connectivity index (χ4n) is 1.78. The number of hydrogen-bond donors (Lipinski definition) is 1. The topological polar surface area (TPSA) is 47.9 Å². The second-order valence-electron chi connectivity index (χ2n) is 4.60. The van der Waals surface area contributed by atoms with E-state index in [1.165, 1.54) is 19.3 Å². The monoisotopic (exact) mass is 262 g/mol. The summed E-state index contributed by atoms with van der Waals surface area (Å²) in [6.45, 7) is 8.20. The predicted molar refractivity (Wildman–Crippen MR) is 72.8 cm³/mol. The molecule has 0 rings (SSSR count). The van der Waals surface area contributed by atoms with E-state index in [-0.39, 0.29) is 6.61 Å². The lowest BCUT2D eigenvalue weighted by atomic mass is 10.0. The number of rotatable bonds is 14. The predicted octanol–water partition coefficient (Wildman–Crippen LogP) is 2.24. The molecule has 0 saturated heterocycles. The molecule has 0 fully saturated rings. The van der Waals surface area contributed by atoms with E-state index < -0.39 is 0 Å². The molecule has 0 aliphatic heterocycles. The van der Waals surface area contributed by atoms with Crippen molar-refractivity contribution in [3.63, 3.8) is 0 Å². The van der Waals surface area contributed by atoms with Gasteiger partial charge in [0.15, 0.2) is 0 Å². The highest BCUT2D eigenvalue weighted by molar-refractivity contribution is 4.51. The van der Waals surface area contributed by atoms with Crippen LogP contribution in [0.3, 0.4) is 0 Å². The summed E-state index contributed by atoms with van der Waals surface area (Å²) in [5, 5.41) is 8.48. The zero-order chi connectivity index (χ0) is 13.5. The van der Waals surface area contributed by atoms with E-state index in [9.17, 15) is 0 Å². The van der Waals surface area contributed by atoms with Crippen molar-refractivity contribution in [1.82, 2.24) is 0 Å². The molecular weight excluding hydrogens is 232 g/mol. The summed E-state index contributed by atoms with van der Waals surface area (Å²) in [6.07, 6.45) is 4.98. The summed E-state index contributed by atoms with van der Waals surface area (Å²) in [5.41, 5.74) is 0. The van der Waals surface area contributed by atoms with Gasteiger partial charge in [0.25, 0.3) is 0 Å². The van der Waals surface area contributed by atoms with Gasteiger partial charge in [0.2, 0.25) is 0 Å². The molecule has 0 bridgehead atoms. The molecule has 0 aliphatic rings. The Bertz CT molecular complexity index is 153. The molecule has 0 aliphatic carbocycles. The second-order valence-corrected chi connectivity index (χ2v) is 4.60. The molecule has 0 amide bonds. The van der Waals surface area contributed by atoms with E-state index in [2.05, 4.69) is 13.8 Å². The van der Waals surface area contributed by atoms with Gasteiger partial charge in [-0.1, -0.05) is 26.7 Å². The van der Waals surface area contributed by atoms with Crippen LogP contribution in [0.25, 0.3) is 0 Å². The van der Waals surface area contributed by atoms with Crippen LogP contribution >= 0.6 is 0 Å². The SMILES string of the molecule is CCCC(C)CCCOCCOCCOCCO. The van der Waals surface area contributed by atoms with Crippen LogP contribution in [0, 0.1) is 5.92 Å². The number of aliphatic hydroxyl groups excluding tert-OH is 1. The average molecular weight is 262 g/mol. The third-order valence-electron chi connectivity index (χ3n) is 2.75. The Hall–Kier alpha value is -0.160. The zero-order valence-electron chi connectivity index (χ0n) is 12.0. The summed E-state index contributed by atoms with van der Waals surface area (Å²) in [7, 11) is 0. The Kier molecular flexibility index (Phi) is 14.8. The molecule has 0 aromatic rings. The first-order valence-electron chi connectivity index (χ1n) is 7.15. The van der Waals surface area contributed by atoms with Crippen LogP contribution in [0.5, 0.6) is 0 Å². The summed E-state index contributed by atoms with van der Waals surface area (Å²) < 4.78 is 15.9. The van der Waals surface area contributed by atoms with Gasteiger partial charge in [0.05, 0.1) is 39.6 Å². The van der Waals surface area contributed by atoms with Gasteiger partial charge in [-0.15, -0.1) is 0 Å². The van der Waals surface area contributed by atoms with E-state index in [1.54, 1.807) is 0 Å². The van der Waals surface area contributed by atoms with Crippen molar-refractivity contribution in [2.24, 2.45) is 5.92 Å². The van der Waals surface area contributed by atoms with Gasteiger partial charge in [-0.25, -0.2) is 0 Å². The maximum absolute atomic E-state index is 8.48. The molecule has 4 heteroatoms. The average Bonchev–Trinajstić information content (AvgIpc) is 2.36. The first kappa shape index (κ1) is 17.8. The molecule has 1 atom stereocenters. The Morgan fingerprint density at radius 3 is 1.94 bits per heavy atom. The first-order chi connectivity index (χ1) is 8.81. The molecule has 1 unspecified atom stereocenters. The molecule has 1 N–H and O–H groups in total. The molecule has 18 heavy (non-hydrogen) atoms. The summed E-state index contributed by atoms with van der Waals surface area (Å²) in [6, 6.07) is 0. The highest BCUT2D eigenvalue weighted by atomic mass is 16.5. The van der Waals surface area contributed by atoms with Gasteiger partial charge in [0.1, 0.15) is 0 Å². The number of hydrogen-bond acceptors (Lipinski definition) is 4. The van der Waals surface area contributed by atoms with Crippen molar-refractivity contribution >= 4 is 0 Å². The Labute approximate surface area is 112 Å². The zero-order valence-corrected chi connectivity index (χ0v) is 12.0. The van der Waals surface area contributed by atoms with Crippen LogP contribution in [-0.2, 0) is 14.2 Å². The lowest BCUT2D eigenvalue weighted by molar-refractivity contribution is 0.00690. The van der Waals surface area contributed by atoms with Crippen LogP contribution in [0.2, 0.25) is 0 Å². The van der Waals surface area contributed by atoms with Gasteiger partial charge in [-0.2, -0.15) is 0 Å². The van der Waals surface area contributed by atoms with Crippen LogP contribution in [0.4, 0.5) is 0 Å². The molecular formula is C14H30O4. The molecule has 0 saturated carbocycles. The molecule has 0 aromatic carbocycles. The minimum atomic E-state index is 0.0690. The van der Waals surface area contributed by atoms with E-state index in [0.717, 1.165) is 18.9 Å². The summed E-state index contributed by atoms with van der Waals surface area (Å²) in [5.74, 6) is 0.818. The maximum Gasteiger partial charge on any atom is 0.0701 e. The second kappa shape index (κ2) is 14.9. The molecule has 0 spiro atoms. The largest absolute Gasteiger partial charge is 0.394 e. The Morgan fingerprint density at radius 2 is 1.39 bits per heavy atom. The summed E-state index contributed by atoms with van der Waals surface area (Å²) >= 11 is 0. The molecule has 110 valence electrons. The smallest absolute Gasteiger partial charge is 0.0701 e. The van der Waals surface area contributed by atoms with E-state index >= 15 is 0 Å². The van der Waals surface area contributed by atoms with Crippen LogP contribution in [-0.4, -0.2) is 51.4 Å². The van der Waals surface area contributed by atoms with E-state index in [4.69, 9.17) is 19.3 Å². The fraction of sp³-hybridized carbons (Fsp3) is 1.00. The number of ether oxygens (including phenoxy) is 3.